The molecule has 0 spiro atoms. The Morgan fingerprint density at radius 2 is 1.81 bits per heavy atom. The van der Waals surface area contributed by atoms with E-state index in [2.05, 4.69) is 15.1 Å². The van der Waals surface area contributed by atoms with Gasteiger partial charge in [0.05, 0.1) is 12.0 Å². The molecule has 0 atom stereocenters. The summed E-state index contributed by atoms with van der Waals surface area (Å²) in [7, 11) is 0. The lowest BCUT2D eigenvalue weighted by atomic mass is 10.2. The van der Waals surface area contributed by atoms with Gasteiger partial charge < -0.3 is 26.5 Å². The molecule has 9 heteroatoms. The van der Waals surface area contributed by atoms with Gasteiger partial charge in [-0.2, -0.15) is 0 Å². The number of nitrogens with zero attached hydrogens (tertiary/aromatic N) is 2. The Balaban J connectivity index is 1.91. The number of amides is 1. The number of piperazine rings is 1. The van der Waals surface area contributed by atoms with Crippen LogP contribution in [0.1, 0.15) is 6.42 Å². The van der Waals surface area contributed by atoms with E-state index < -0.39 is 11.9 Å². The smallest absolute Gasteiger partial charge is 0.304 e. The molecule has 9 nitrogen and oxygen atoms in total. The standard InChI is InChI=1S/C18H24N6O3/c19-7-5-15(18(21)27)17(20)22-13-1-3-14(4-2-13)24-11-9-23(10-12-24)8-6-16(25)26/h1-5,7,19H,6,8-12H2,(H2,20,22)(H2,21,27)(H,25,26)/b15-5-,19-7?. The van der Waals surface area contributed by atoms with Gasteiger partial charge in [0.15, 0.2) is 0 Å². The number of hydrogen-bond donors (Lipinski definition) is 5. The van der Waals surface area contributed by atoms with Crippen LogP contribution in [0.25, 0.3) is 0 Å². The van der Waals surface area contributed by atoms with Gasteiger partial charge in [-0.15, -0.1) is 0 Å². The Labute approximate surface area is 157 Å². The first-order valence-corrected chi connectivity index (χ1v) is 8.56. The van der Waals surface area contributed by atoms with Crippen LogP contribution in [0, 0.1) is 10.8 Å². The number of carbonyl (C=O) groups excluding carboxylic acids is 1. The summed E-state index contributed by atoms with van der Waals surface area (Å²) in [5.41, 5.74) is 6.83. The highest BCUT2D eigenvalue weighted by atomic mass is 16.4. The fraction of sp³-hybridized carbons (Fsp3) is 0.333. The van der Waals surface area contributed by atoms with Crippen molar-refractivity contribution < 1.29 is 14.7 Å². The fourth-order valence-corrected chi connectivity index (χ4v) is 2.82. The van der Waals surface area contributed by atoms with E-state index in [0.717, 1.165) is 38.1 Å². The summed E-state index contributed by atoms with van der Waals surface area (Å²) in [6.07, 6.45) is 2.25. The minimum atomic E-state index is -0.777. The van der Waals surface area contributed by atoms with Gasteiger partial charge in [-0.1, -0.05) is 0 Å². The van der Waals surface area contributed by atoms with Crippen LogP contribution in [-0.4, -0.2) is 66.7 Å². The zero-order valence-electron chi connectivity index (χ0n) is 14.9. The van der Waals surface area contributed by atoms with E-state index in [1.165, 1.54) is 6.08 Å². The zero-order valence-corrected chi connectivity index (χ0v) is 14.9. The minimum absolute atomic E-state index is 0.0634. The quantitative estimate of drug-likeness (QED) is 0.258. The second kappa shape index (κ2) is 9.48. The van der Waals surface area contributed by atoms with Crippen molar-refractivity contribution in [3.63, 3.8) is 0 Å². The molecule has 144 valence electrons. The minimum Gasteiger partial charge on any atom is -0.481 e. The first-order valence-electron chi connectivity index (χ1n) is 8.56. The lowest BCUT2D eigenvalue weighted by Gasteiger charge is -2.36. The van der Waals surface area contributed by atoms with Crippen LogP contribution < -0.4 is 16.0 Å². The Hall–Kier alpha value is -3.20. The number of primary amides is 1. The van der Waals surface area contributed by atoms with Crippen LogP contribution in [0.3, 0.4) is 0 Å². The monoisotopic (exact) mass is 372 g/mol. The summed E-state index contributed by atoms with van der Waals surface area (Å²) in [6, 6.07) is 7.47. The number of benzene rings is 1. The van der Waals surface area contributed by atoms with Crippen molar-refractivity contribution in [2.75, 3.05) is 42.9 Å². The zero-order chi connectivity index (χ0) is 19.8. The van der Waals surface area contributed by atoms with Gasteiger partial charge in [-0.05, 0) is 30.3 Å². The largest absolute Gasteiger partial charge is 0.481 e. The Morgan fingerprint density at radius 3 is 2.33 bits per heavy atom. The van der Waals surface area contributed by atoms with Gasteiger partial charge in [0, 0.05) is 50.3 Å². The molecule has 6 N–H and O–H groups in total. The topological polar surface area (TPSA) is 147 Å². The van der Waals surface area contributed by atoms with Crippen LogP contribution in [0.2, 0.25) is 0 Å². The molecule has 0 bridgehead atoms. The molecular formula is C18H24N6O3. The van der Waals surface area contributed by atoms with Crippen molar-refractivity contribution in [1.29, 1.82) is 10.8 Å². The second-order valence-electron chi connectivity index (χ2n) is 6.13. The number of rotatable bonds is 8. The number of allylic oxidation sites excluding steroid dienone is 1. The molecule has 1 saturated heterocycles. The number of carbonyl (C=O) groups is 2. The first-order chi connectivity index (χ1) is 12.9. The molecule has 1 amide bonds. The summed E-state index contributed by atoms with van der Waals surface area (Å²) < 4.78 is 0. The lowest BCUT2D eigenvalue weighted by Crippen LogP contribution is -2.46. The van der Waals surface area contributed by atoms with E-state index in [4.69, 9.17) is 21.7 Å². The summed E-state index contributed by atoms with van der Waals surface area (Å²) in [5, 5.41) is 26.5. The number of aliphatic carboxylic acids is 1. The van der Waals surface area contributed by atoms with Crippen molar-refractivity contribution in [2.45, 2.75) is 6.42 Å². The molecule has 27 heavy (non-hydrogen) atoms. The lowest BCUT2D eigenvalue weighted by molar-refractivity contribution is -0.137. The normalized spacial score (nSPS) is 15.3. The molecule has 0 radical (unpaired) electrons. The number of carboxylic acids is 1. The number of nitrogens with two attached hydrogens (primary N) is 1. The van der Waals surface area contributed by atoms with E-state index >= 15 is 0 Å². The SMILES string of the molecule is N=C/C=C(/C(=N)Nc1ccc(N2CCN(CCC(=O)O)CC2)cc1)C(N)=O. The van der Waals surface area contributed by atoms with Gasteiger partial charge in [-0.3, -0.25) is 19.9 Å². The Bertz CT molecular complexity index is 736. The summed E-state index contributed by atoms with van der Waals surface area (Å²) >= 11 is 0. The number of amidine groups is 1. The van der Waals surface area contributed by atoms with E-state index in [1.54, 1.807) is 0 Å². The number of anilines is 2. The van der Waals surface area contributed by atoms with Crippen LogP contribution in [0.5, 0.6) is 0 Å². The maximum atomic E-state index is 11.3. The van der Waals surface area contributed by atoms with Crippen LogP contribution in [0.15, 0.2) is 35.9 Å². The number of nitrogens with one attached hydrogen (secondary N) is 3. The van der Waals surface area contributed by atoms with Crippen molar-refractivity contribution in [2.24, 2.45) is 5.73 Å². The first kappa shape index (κ1) is 20.1. The predicted octanol–water partition coefficient (Wildman–Crippen LogP) is 0.734. The van der Waals surface area contributed by atoms with E-state index in [0.29, 0.717) is 12.2 Å². The molecule has 0 aliphatic carbocycles. The summed E-state index contributed by atoms with van der Waals surface area (Å²) in [6.45, 7) is 3.83. The second-order valence-corrected chi connectivity index (χ2v) is 6.13. The van der Waals surface area contributed by atoms with Gasteiger partial charge in [0.2, 0.25) is 0 Å². The van der Waals surface area contributed by atoms with Crippen molar-refractivity contribution in [1.82, 2.24) is 4.90 Å². The third kappa shape index (κ3) is 5.93. The summed E-state index contributed by atoms with van der Waals surface area (Å²) in [4.78, 5) is 26.3. The van der Waals surface area contributed by atoms with Gasteiger partial charge in [-0.25, -0.2) is 0 Å². The van der Waals surface area contributed by atoms with Crippen LogP contribution >= 0.6 is 0 Å². The Morgan fingerprint density at radius 1 is 1.19 bits per heavy atom. The van der Waals surface area contributed by atoms with Gasteiger partial charge >= 0.3 is 5.97 Å². The van der Waals surface area contributed by atoms with E-state index in [9.17, 15) is 9.59 Å². The molecule has 0 unspecified atom stereocenters. The highest BCUT2D eigenvalue weighted by Gasteiger charge is 2.18. The molecule has 1 aromatic rings. The van der Waals surface area contributed by atoms with Gasteiger partial charge in [0.1, 0.15) is 5.84 Å². The molecule has 0 aromatic heterocycles. The highest BCUT2D eigenvalue weighted by Crippen LogP contribution is 2.20. The fourth-order valence-electron chi connectivity index (χ4n) is 2.82. The number of carboxylic acid groups (broad SMARTS) is 1. The maximum absolute atomic E-state index is 11.3. The molecule has 0 saturated carbocycles. The maximum Gasteiger partial charge on any atom is 0.304 e. The molecule has 1 fully saturated rings. The number of hydrogen-bond acceptors (Lipinski definition) is 6. The molecule has 1 aliphatic rings. The van der Waals surface area contributed by atoms with Crippen LogP contribution in [-0.2, 0) is 9.59 Å². The van der Waals surface area contributed by atoms with Crippen molar-refractivity contribution in [3.05, 3.63) is 35.9 Å². The van der Waals surface area contributed by atoms with Crippen molar-refractivity contribution >= 4 is 35.3 Å². The third-order valence-electron chi connectivity index (χ3n) is 4.30. The highest BCUT2D eigenvalue weighted by molar-refractivity contribution is 6.25. The van der Waals surface area contributed by atoms with E-state index in [1.807, 2.05) is 24.3 Å². The average molecular weight is 372 g/mol. The van der Waals surface area contributed by atoms with Crippen molar-refractivity contribution in [3.8, 4) is 0 Å². The average Bonchev–Trinajstić information content (AvgIpc) is 2.65. The predicted molar refractivity (Wildman–Crippen MR) is 105 cm³/mol. The molecule has 1 heterocycles. The molecular weight excluding hydrogens is 348 g/mol. The summed E-state index contributed by atoms with van der Waals surface area (Å²) in [5.74, 6) is -1.71. The Kier molecular flexibility index (Phi) is 7.07. The molecule has 1 aliphatic heterocycles. The molecule has 2 rings (SSSR count). The third-order valence-corrected chi connectivity index (χ3v) is 4.30. The molecule has 1 aromatic carbocycles. The van der Waals surface area contributed by atoms with Gasteiger partial charge in [0.25, 0.3) is 5.91 Å². The van der Waals surface area contributed by atoms with Crippen LogP contribution in [0.4, 0.5) is 11.4 Å². The van der Waals surface area contributed by atoms with E-state index in [-0.39, 0.29) is 17.8 Å².